The van der Waals surface area contributed by atoms with E-state index in [1.807, 2.05) is 90.4 Å². The summed E-state index contributed by atoms with van der Waals surface area (Å²) in [5, 5.41) is 3.46. The molecule has 1 N–H and O–H groups in total. The molecular formula is C25H20BrN3O2. The van der Waals surface area contributed by atoms with E-state index in [1.54, 1.807) is 0 Å². The quantitative estimate of drug-likeness (QED) is 0.372. The Morgan fingerprint density at radius 3 is 2.52 bits per heavy atom. The van der Waals surface area contributed by atoms with E-state index in [1.165, 1.54) is 0 Å². The van der Waals surface area contributed by atoms with Gasteiger partial charge in [0.15, 0.2) is 0 Å². The van der Waals surface area contributed by atoms with Crippen LogP contribution in [0.25, 0.3) is 16.7 Å². The lowest BCUT2D eigenvalue weighted by molar-refractivity contribution is -0.140. The van der Waals surface area contributed by atoms with Crippen LogP contribution < -0.4 is 5.32 Å². The number of esters is 1. The predicted molar refractivity (Wildman–Crippen MR) is 125 cm³/mol. The van der Waals surface area contributed by atoms with Crippen LogP contribution in [0.4, 0.5) is 5.95 Å². The fourth-order valence-electron chi connectivity index (χ4n) is 3.96. The molecule has 2 heterocycles. The minimum Gasteiger partial charge on any atom is -0.457 e. The second kappa shape index (κ2) is 8.04. The van der Waals surface area contributed by atoms with Crippen molar-refractivity contribution in [2.45, 2.75) is 19.6 Å². The number of carbonyl (C=O) groups is 1. The highest BCUT2D eigenvalue weighted by atomic mass is 79.9. The fourth-order valence-corrected chi connectivity index (χ4v) is 4.23. The fraction of sp³-hybridized carbons (Fsp3) is 0.120. The van der Waals surface area contributed by atoms with E-state index in [2.05, 4.69) is 21.2 Å². The number of allylic oxidation sites excluding steroid dienone is 1. The zero-order valence-electron chi connectivity index (χ0n) is 16.9. The monoisotopic (exact) mass is 473 g/mol. The molecule has 0 aliphatic carbocycles. The van der Waals surface area contributed by atoms with Gasteiger partial charge in [0.1, 0.15) is 6.61 Å². The number of aromatic nitrogens is 2. The maximum atomic E-state index is 13.3. The number of fused-ring (bicyclic) bond motifs is 3. The van der Waals surface area contributed by atoms with Gasteiger partial charge in [0.05, 0.1) is 22.6 Å². The minimum absolute atomic E-state index is 0.223. The van der Waals surface area contributed by atoms with Crippen LogP contribution >= 0.6 is 15.9 Å². The van der Waals surface area contributed by atoms with Crippen LogP contribution in [-0.2, 0) is 16.1 Å². The zero-order valence-corrected chi connectivity index (χ0v) is 18.5. The molecule has 1 aliphatic heterocycles. The molecule has 6 heteroatoms. The summed E-state index contributed by atoms with van der Waals surface area (Å²) < 4.78 is 8.71. The maximum absolute atomic E-state index is 13.3. The van der Waals surface area contributed by atoms with Gasteiger partial charge in [-0.25, -0.2) is 9.78 Å². The van der Waals surface area contributed by atoms with Crippen molar-refractivity contribution in [1.82, 2.24) is 9.55 Å². The molecule has 0 bridgehead atoms. The summed E-state index contributed by atoms with van der Waals surface area (Å²) in [6.45, 7) is 2.17. The highest BCUT2D eigenvalue weighted by Crippen LogP contribution is 2.39. The summed E-state index contributed by atoms with van der Waals surface area (Å²) in [5.74, 6) is 0.372. The predicted octanol–water partition coefficient (Wildman–Crippen LogP) is 5.94. The summed E-state index contributed by atoms with van der Waals surface area (Å²) in [4.78, 5) is 18.1. The van der Waals surface area contributed by atoms with Crippen LogP contribution in [0.5, 0.6) is 0 Å². The number of para-hydroxylation sites is 2. The number of hydrogen-bond acceptors (Lipinski definition) is 4. The highest BCUT2D eigenvalue weighted by molar-refractivity contribution is 9.10. The molecule has 4 aromatic rings. The number of benzene rings is 3. The molecule has 31 heavy (non-hydrogen) atoms. The molecule has 5 rings (SSSR count). The second-order valence-electron chi connectivity index (χ2n) is 7.45. The highest BCUT2D eigenvalue weighted by Gasteiger charge is 2.33. The third-order valence-electron chi connectivity index (χ3n) is 5.48. The molecule has 1 aromatic heterocycles. The van der Waals surface area contributed by atoms with Gasteiger partial charge in [-0.15, -0.1) is 0 Å². The lowest BCUT2D eigenvalue weighted by atomic mass is 9.95. The number of ether oxygens (including phenoxy) is 1. The van der Waals surface area contributed by atoms with Gasteiger partial charge in [-0.05, 0) is 42.3 Å². The van der Waals surface area contributed by atoms with Crippen LogP contribution in [0.2, 0.25) is 0 Å². The third-order valence-corrected chi connectivity index (χ3v) is 6.01. The van der Waals surface area contributed by atoms with Gasteiger partial charge < -0.3 is 10.1 Å². The third kappa shape index (κ3) is 3.64. The SMILES string of the molecule is CC1=C(C(=O)OCc2ccccc2)C(c2ccc(Br)cc2)Nc2nc3ccccc3n21. The molecule has 0 spiro atoms. The average molecular weight is 474 g/mol. The summed E-state index contributed by atoms with van der Waals surface area (Å²) in [6, 6.07) is 25.2. The smallest absolute Gasteiger partial charge is 0.338 e. The summed E-state index contributed by atoms with van der Waals surface area (Å²) >= 11 is 3.48. The molecular weight excluding hydrogens is 454 g/mol. The van der Waals surface area contributed by atoms with Crippen molar-refractivity contribution in [3.8, 4) is 0 Å². The van der Waals surface area contributed by atoms with Crippen molar-refractivity contribution in [3.05, 3.63) is 100 Å². The first-order valence-electron chi connectivity index (χ1n) is 10.0. The van der Waals surface area contributed by atoms with E-state index in [0.717, 1.165) is 32.3 Å². The Bertz CT molecular complexity index is 1290. The molecule has 0 amide bonds. The molecule has 5 nitrogen and oxygen atoms in total. The van der Waals surface area contributed by atoms with Gasteiger partial charge in [0.2, 0.25) is 5.95 Å². The topological polar surface area (TPSA) is 56.1 Å². The number of nitrogens with one attached hydrogen (secondary N) is 1. The largest absolute Gasteiger partial charge is 0.457 e. The maximum Gasteiger partial charge on any atom is 0.338 e. The Labute approximate surface area is 188 Å². The Morgan fingerprint density at radius 2 is 1.74 bits per heavy atom. The number of rotatable bonds is 4. The van der Waals surface area contributed by atoms with Crippen molar-refractivity contribution < 1.29 is 9.53 Å². The van der Waals surface area contributed by atoms with Gasteiger partial charge in [0, 0.05) is 10.2 Å². The standard InChI is InChI=1S/C25H20BrN3O2/c1-16-22(24(30)31-15-17-7-3-2-4-8-17)23(18-11-13-19(26)14-12-18)28-25-27-20-9-5-6-10-21(20)29(16)25/h2-14,23H,15H2,1H3,(H,27,28). The lowest BCUT2D eigenvalue weighted by Gasteiger charge is -2.29. The molecule has 0 fully saturated rings. The van der Waals surface area contributed by atoms with Gasteiger partial charge in [0.25, 0.3) is 0 Å². The van der Waals surface area contributed by atoms with Crippen molar-refractivity contribution in [1.29, 1.82) is 0 Å². The number of hydrogen-bond donors (Lipinski definition) is 1. The average Bonchev–Trinajstić information content (AvgIpc) is 3.17. The van der Waals surface area contributed by atoms with Gasteiger partial charge >= 0.3 is 5.97 Å². The summed E-state index contributed by atoms with van der Waals surface area (Å²) in [6.07, 6.45) is 0. The van der Waals surface area contributed by atoms with Crippen LogP contribution in [0.1, 0.15) is 24.1 Å². The molecule has 0 saturated heterocycles. The number of imidazole rings is 1. The van der Waals surface area contributed by atoms with Crippen molar-refractivity contribution in [3.63, 3.8) is 0 Å². The zero-order chi connectivity index (χ0) is 21.4. The Morgan fingerprint density at radius 1 is 1.03 bits per heavy atom. The van der Waals surface area contributed by atoms with E-state index in [4.69, 9.17) is 9.72 Å². The van der Waals surface area contributed by atoms with E-state index < -0.39 is 0 Å². The van der Waals surface area contributed by atoms with Crippen molar-refractivity contribution in [2.24, 2.45) is 0 Å². The van der Waals surface area contributed by atoms with Gasteiger partial charge in [-0.2, -0.15) is 0 Å². The Balaban J connectivity index is 1.59. The molecule has 1 atom stereocenters. The van der Waals surface area contributed by atoms with Gasteiger partial charge in [-0.1, -0.05) is 70.5 Å². The van der Waals surface area contributed by atoms with Crippen LogP contribution in [0.3, 0.4) is 0 Å². The summed E-state index contributed by atoms with van der Waals surface area (Å²) in [7, 11) is 0. The van der Waals surface area contributed by atoms with Gasteiger partial charge in [-0.3, -0.25) is 4.57 Å². The molecule has 3 aromatic carbocycles. The van der Waals surface area contributed by atoms with E-state index >= 15 is 0 Å². The first-order chi connectivity index (χ1) is 15.1. The number of anilines is 1. The first kappa shape index (κ1) is 19.6. The molecule has 154 valence electrons. The lowest BCUT2D eigenvalue weighted by Crippen LogP contribution is -2.28. The number of nitrogens with zero attached hydrogens (tertiary/aromatic N) is 2. The van der Waals surface area contributed by atoms with Crippen LogP contribution in [-0.4, -0.2) is 15.5 Å². The van der Waals surface area contributed by atoms with Crippen LogP contribution in [0, 0.1) is 0 Å². The van der Waals surface area contributed by atoms with E-state index in [-0.39, 0.29) is 18.6 Å². The Hall–Kier alpha value is -3.38. The van der Waals surface area contributed by atoms with E-state index in [0.29, 0.717) is 11.5 Å². The van der Waals surface area contributed by atoms with Crippen molar-refractivity contribution >= 4 is 44.6 Å². The normalized spacial score (nSPS) is 15.5. The molecule has 0 saturated carbocycles. The molecule has 1 unspecified atom stereocenters. The summed E-state index contributed by atoms with van der Waals surface area (Å²) in [5.41, 5.74) is 5.13. The second-order valence-corrected chi connectivity index (χ2v) is 8.36. The van der Waals surface area contributed by atoms with Crippen molar-refractivity contribution in [2.75, 3.05) is 5.32 Å². The number of carbonyl (C=O) groups excluding carboxylic acids is 1. The molecule has 0 radical (unpaired) electrons. The molecule has 1 aliphatic rings. The minimum atomic E-state index is -0.360. The Kier molecular flexibility index (Phi) is 5.08. The first-order valence-corrected chi connectivity index (χ1v) is 10.8. The number of halogens is 1. The van der Waals surface area contributed by atoms with E-state index in [9.17, 15) is 4.79 Å². The van der Waals surface area contributed by atoms with Crippen LogP contribution in [0.15, 0.2) is 88.9 Å².